The fraction of sp³-hybridized carbons (Fsp3) is 0.364. The Labute approximate surface area is 103 Å². The van der Waals surface area contributed by atoms with Crippen LogP contribution in [0.5, 0.6) is 5.75 Å². The minimum absolute atomic E-state index is 0.0123. The highest BCUT2D eigenvalue weighted by atomic mass is 32.1. The van der Waals surface area contributed by atoms with Gasteiger partial charge in [0.05, 0.1) is 5.69 Å². The second kappa shape index (κ2) is 4.91. The van der Waals surface area contributed by atoms with Crippen molar-refractivity contribution >= 4 is 24.2 Å². The number of amides is 1. The zero-order valence-electron chi connectivity index (χ0n) is 8.85. The van der Waals surface area contributed by atoms with E-state index in [0.717, 1.165) is 0 Å². The topological polar surface area (TPSA) is 29.5 Å². The van der Waals surface area contributed by atoms with Gasteiger partial charge in [0, 0.05) is 18.2 Å². The van der Waals surface area contributed by atoms with Crippen molar-refractivity contribution in [2.75, 3.05) is 11.4 Å². The molecule has 1 aromatic rings. The molecule has 0 N–H and O–H groups in total. The van der Waals surface area contributed by atoms with Gasteiger partial charge in [0.25, 0.3) is 0 Å². The zero-order valence-corrected chi connectivity index (χ0v) is 9.74. The van der Waals surface area contributed by atoms with Crippen molar-refractivity contribution in [2.45, 2.75) is 18.3 Å². The van der Waals surface area contributed by atoms with Crippen LogP contribution in [0.15, 0.2) is 24.3 Å². The predicted octanol–water partition coefficient (Wildman–Crippen LogP) is 2.32. The number of carbonyl (C=O) groups is 1. The van der Waals surface area contributed by atoms with Crippen LogP contribution in [0.4, 0.5) is 14.5 Å². The summed E-state index contributed by atoms with van der Waals surface area (Å²) < 4.78 is 28.8. The van der Waals surface area contributed by atoms with E-state index in [1.807, 2.05) is 0 Å². The van der Waals surface area contributed by atoms with Gasteiger partial charge >= 0.3 is 6.61 Å². The Kier molecular flexibility index (Phi) is 3.51. The van der Waals surface area contributed by atoms with Crippen LogP contribution < -0.4 is 9.64 Å². The molecule has 6 heteroatoms. The summed E-state index contributed by atoms with van der Waals surface area (Å²) in [6.07, 6.45) is 0.312. The van der Waals surface area contributed by atoms with Crippen LogP contribution in [0, 0.1) is 0 Å². The standard InChI is InChI=1S/C11H11F2NO2S/c12-11(13)16-9-4-2-1-3-8(9)14-6-7(17)5-10(14)15/h1-4,7,11,17H,5-6H2. The van der Waals surface area contributed by atoms with Crippen LogP contribution in [-0.2, 0) is 4.79 Å². The largest absolute Gasteiger partial charge is 0.433 e. The summed E-state index contributed by atoms with van der Waals surface area (Å²) in [6, 6.07) is 6.26. The summed E-state index contributed by atoms with van der Waals surface area (Å²) >= 11 is 4.21. The first-order chi connectivity index (χ1) is 8.08. The van der Waals surface area contributed by atoms with Crippen molar-refractivity contribution in [3.8, 4) is 5.75 Å². The molecule has 1 fully saturated rings. The van der Waals surface area contributed by atoms with E-state index in [-0.39, 0.29) is 16.9 Å². The van der Waals surface area contributed by atoms with Gasteiger partial charge in [-0.05, 0) is 12.1 Å². The number of nitrogens with zero attached hydrogens (tertiary/aromatic N) is 1. The minimum atomic E-state index is -2.90. The summed E-state index contributed by atoms with van der Waals surface area (Å²) in [5.74, 6) is -0.117. The monoisotopic (exact) mass is 259 g/mol. The maximum Gasteiger partial charge on any atom is 0.387 e. The van der Waals surface area contributed by atoms with Crippen molar-refractivity contribution in [1.82, 2.24) is 0 Å². The van der Waals surface area contributed by atoms with Crippen molar-refractivity contribution in [3.05, 3.63) is 24.3 Å². The van der Waals surface area contributed by atoms with E-state index in [1.165, 1.54) is 11.0 Å². The maximum atomic E-state index is 12.2. The van der Waals surface area contributed by atoms with E-state index >= 15 is 0 Å². The van der Waals surface area contributed by atoms with Crippen LogP contribution in [0.1, 0.15) is 6.42 Å². The number of halogens is 2. The molecule has 0 spiro atoms. The first kappa shape index (κ1) is 12.2. The van der Waals surface area contributed by atoms with Gasteiger partial charge in [-0.15, -0.1) is 0 Å². The van der Waals surface area contributed by atoms with Gasteiger partial charge in [0.15, 0.2) is 0 Å². The Hall–Kier alpha value is -1.30. The van der Waals surface area contributed by atoms with Gasteiger partial charge in [-0.1, -0.05) is 12.1 Å². The Morgan fingerprint density at radius 2 is 2.12 bits per heavy atom. The molecule has 1 aliphatic heterocycles. The Balaban J connectivity index is 2.28. The lowest BCUT2D eigenvalue weighted by Crippen LogP contribution is -2.25. The Bertz CT molecular complexity index is 428. The summed E-state index contributed by atoms with van der Waals surface area (Å²) in [5.41, 5.74) is 0.370. The molecule has 1 aromatic carbocycles. The number of hydrogen-bond donors (Lipinski definition) is 1. The van der Waals surface area contributed by atoms with Crippen molar-refractivity contribution in [2.24, 2.45) is 0 Å². The smallest absolute Gasteiger partial charge is 0.387 e. The minimum Gasteiger partial charge on any atom is -0.433 e. The molecule has 1 aliphatic rings. The van der Waals surface area contributed by atoms with Gasteiger partial charge in [0.2, 0.25) is 5.91 Å². The second-order valence-electron chi connectivity index (χ2n) is 3.71. The van der Waals surface area contributed by atoms with Crippen LogP contribution in [0.3, 0.4) is 0 Å². The molecule has 0 saturated carbocycles. The zero-order chi connectivity index (χ0) is 12.4. The third kappa shape index (κ3) is 2.69. The highest BCUT2D eigenvalue weighted by Gasteiger charge is 2.30. The van der Waals surface area contributed by atoms with Crippen LogP contribution >= 0.6 is 12.6 Å². The molecule has 1 unspecified atom stereocenters. The number of hydrogen-bond acceptors (Lipinski definition) is 3. The molecular weight excluding hydrogens is 248 g/mol. The van der Waals surface area contributed by atoms with E-state index in [2.05, 4.69) is 17.4 Å². The molecule has 1 heterocycles. The number of alkyl halides is 2. The number of thiol groups is 1. The molecule has 1 saturated heterocycles. The van der Waals surface area contributed by atoms with Crippen molar-refractivity contribution in [3.63, 3.8) is 0 Å². The van der Waals surface area contributed by atoms with E-state index in [4.69, 9.17) is 0 Å². The summed E-state index contributed by atoms with van der Waals surface area (Å²) in [5, 5.41) is -0.0675. The number of ether oxygens (including phenoxy) is 1. The molecule has 0 bridgehead atoms. The highest BCUT2D eigenvalue weighted by Crippen LogP contribution is 2.33. The highest BCUT2D eigenvalue weighted by molar-refractivity contribution is 7.81. The maximum absolute atomic E-state index is 12.2. The van der Waals surface area contributed by atoms with Gasteiger partial charge in [-0.2, -0.15) is 21.4 Å². The first-order valence-corrected chi connectivity index (χ1v) is 5.62. The van der Waals surface area contributed by atoms with E-state index in [0.29, 0.717) is 18.7 Å². The summed E-state index contributed by atoms with van der Waals surface area (Å²) in [7, 11) is 0. The predicted molar refractivity (Wildman–Crippen MR) is 62.8 cm³/mol. The van der Waals surface area contributed by atoms with Crippen molar-refractivity contribution in [1.29, 1.82) is 0 Å². The van der Waals surface area contributed by atoms with Gasteiger partial charge < -0.3 is 9.64 Å². The second-order valence-corrected chi connectivity index (χ2v) is 4.44. The molecule has 0 radical (unpaired) electrons. The molecule has 3 nitrogen and oxygen atoms in total. The van der Waals surface area contributed by atoms with E-state index < -0.39 is 6.61 Å². The fourth-order valence-electron chi connectivity index (χ4n) is 1.80. The summed E-state index contributed by atoms with van der Waals surface area (Å²) in [6.45, 7) is -2.49. The molecule has 0 aliphatic carbocycles. The number of carbonyl (C=O) groups excluding carboxylic acids is 1. The lowest BCUT2D eigenvalue weighted by molar-refractivity contribution is -0.117. The lowest BCUT2D eigenvalue weighted by atomic mass is 10.2. The molecule has 2 rings (SSSR count). The molecular formula is C11H11F2NO2S. The van der Waals surface area contributed by atoms with Gasteiger partial charge in [0.1, 0.15) is 5.75 Å². The SMILES string of the molecule is O=C1CC(S)CN1c1ccccc1OC(F)F. The molecule has 17 heavy (non-hydrogen) atoms. The number of benzene rings is 1. The quantitative estimate of drug-likeness (QED) is 0.844. The third-order valence-corrected chi connectivity index (χ3v) is 2.82. The van der Waals surface area contributed by atoms with Gasteiger partial charge in [-0.3, -0.25) is 4.79 Å². The number of anilines is 1. The molecule has 1 atom stereocenters. The normalized spacial score (nSPS) is 20.1. The first-order valence-electron chi connectivity index (χ1n) is 5.10. The van der Waals surface area contributed by atoms with E-state index in [9.17, 15) is 13.6 Å². The van der Waals surface area contributed by atoms with Gasteiger partial charge in [-0.25, -0.2) is 0 Å². The Morgan fingerprint density at radius 1 is 1.41 bits per heavy atom. The van der Waals surface area contributed by atoms with Crippen LogP contribution in [0.25, 0.3) is 0 Å². The van der Waals surface area contributed by atoms with Crippen LogP contribution in [-0.4, -0.2) is 24.3 Å². The van der Waals surface area contributed by atoms with E-state index in [1.54, 1.807) is 18.2 Å². The molecule has 92 valence electrons. The van der Waals surface area contributed by atoms with Crippen LogP contribution in [0.2, 0.25) is 0 Å². The lowest BCUT2D eigenvalue weighted by Gasteiger charge is -2.19. The molecule has 1 amide bonds. The van der Waals surface area contributed by atoms with Crippen molar-refractivity contribution < 1.29 is 18.3 Å². The summed E-state index contributed by atoms with van der Waals surface area (Å²) in [4.78, 5) is 13.1. The number of para-hydroxylation sites is 2. The number of rotatable bonds is 3. The third-order valence-electron chi connectivity index (χ3n) is 2.48. The average molecular weight is 259 g/mol. The average Bonchev–Trinajstić information content (AvgIpc) is 2.58. The molecule has 0 aromatic heterocycles. The fourth-order valence-corrected chi connectivity index (χ4v) is 2.12. The Morgan fingerprint density at radius 3 is 2.71 bits per heavy atom.